The average Bonchev–Trinajstić information content (AvgIpc) is 2.38. The number of carbonyl (C=O) groups is 1. The molecular formula is C16H11FO. The van der Waals surface area contributed by atoms with Crippen LogP contribution >= 0.6 is 0 Å². The molecule has 0 fully saturated rings. The van der Waals surface area contributed by atoms with E-state index in [-0.39, 0.29) is 11.6 Å². The van der Waals surface area contributed by atoms with E-state index < -0.39 is 0 Å². The summed E-state index contributed by atoms with van der Waals surface area (Å²) in [5.41, 5.74) is 1.77. The Bertz CT molecular complexity index is 630. The first-order chi connectivity index (χ1) is 8.66. The fourth-order valence-electron chi connectivity index (χ4n) is 1.49. The van der Waals surface area contributed by atoms with Gasteiger partial charge in [-0.05, 0) is 31.2 Å². The Morgan fingerprint density at radius 2 is 1.67 bits per heavy atom. The van der Waals surface area contributed by atoms with E-state index in [9.17, 15) is 9.18 Å². The quantitative estimate of drug-likeness (QED) is 0.549. The number of ketones is 1. The van der Waals surface area contributed by atoms with Crippen LogP contribution in [0.2, 0.25) is 0 Å². The van der Waals surface area contributed by atoms with E-state index in [1.54, 1.807) is 42.5 Å². The van der Waals surface area contributed by atoms with Gasteiger partial charge in [0.05, 0.1) is 5.56 Å². The molecule has 18 heavy (non-hydrogen) atoms. The Balaban J connectivity index is 2.25. The van der Waals surface area contributed by atoms with Gasteiger partial charge in [0.2, 0.25) is 0 Å². The number of hydrogen-bond donors (Lipinski definition) is 0. The van der Waals surface area contributed by atoms with Crippen LogP contribution in [0.1, 0.15) is 28.4 Å². The van der Waals surface area contributed by atoms with Crippen molar-refractivity contribution >= 4 is 5.78 Å². The van der Waals surface area contributed by atoms with Crippen LogP contribution in [-0.4, -0.2) is 5.78 Å². The third kappa shape index (κ3) is 2.83. The molecule has 0 aliphatic carbocycles. The van der Waals surface area contributed by atoms with Crippen molar-refractivity contribution in [3.05, 3.63) is 71.0 Å². The van der Waals surface area contributed by atoms with Crippen LogP contribution in [0.5, 0.6) is 0 Å². The van der Waals surface area contributed by atoms with E-state index in [1.807, 2.05) is 0 Å². The molecule has 0 bridgehead atoms. The minimum atomic E-state index is -0.328. The summed E-state index contributed by atoms with van der Waals surface area (Å²) in [7, 11) is 0. The Morgan fingerprint density at radius 1 is 1.00 bits per heavy atom. The van der Waals surface area contributed by atoms with Gasteiger partial charge in [-0.1, -0.05) is 36.1 Å². The molecule has 0 saturated carbocycles. The molecule has 2 aromatic rings. The molecule has 0 N–H and O–H groups in total. The van der Waals surface area contributed by atoms with Crippen LogP contribution in [0, 0.1) is 17.7 Å². The van der Waals surface area contributed by atoms with Crippen molar-refractivity contribution in [1.82, 2.24) is 0 Å². The molecular weight excluding hydrogens is 227 g/mol. The van der Waals surface area contributed by atoms with Gasteiger partial charge in [0, 0.05) is 11.1 Å². The third-order valence-corrected chi connectivity index (χ3v) is 2.51. The summed E-state index contributed by atoms with van der Waals surface area (Å²) >= 11 is 0. The normalized spacial score (nSPS) is 9.44. The fourth-order valence-corrected chi connectivity index (χ4v) is 1.49. The van der Waals surface area contributed by atoms with Crippen LogP contribution in [0.4, 0.5) is 4.39 Å². The van der Waals surface area contributed by atoms with Crippen molar-refractivity contribution in [2.75, 3.05) is 0 Å². The van der Waals surface area contributed by atoms with Gasteiger partial charge in [-0.25, -0.2) is 4.39 Å². The molecule has 0 radical (unpaired) electrons. The first-order valence-corrected chi connectivity index (χ1v) is 5.54. The zero-order chi connectivity index (χ0) is 13.0. The predicted molar refractivity (Wildman–Crippen MR) is 68.8 cm³/mol. The second kappa shape index (κ2) is 5.29. The van der Waals surface area contributed by atoms with Crippen molar-refractivity contribution in [2.45, 2.75) is 6.92 Å². The maximum absolute atomic E-state index is 13.3. The second-order valence-corrected chi connectivity index (χ2v) is 3.86. The van der Waals surface area contributed by atoms with Crippen molar-refractivity contribution in [1.29, 1.82) is 0 Å². The Morgan fingerprint density at radius 3 is 2.28 bits per heavy atom. The lowest BCUT2D eigenvalue weighted by atomic mass is 10.1. The fraction of sp³-hybridized carbons (Fsp3) is 0.0625. The van der Waals surface area contributed by atoms with Gasteiger partial charge >= 0.3 is 0 Å². The lowest BCUT2D eigenvalue weighted by Gasteiger charge is -1.95. The van der Waals surface area contributed by atoms with E-state index in [2.05, 4.69) is 11.8 Å². The first-order valence-electron chi connectivity index (χ1n) is 5.54. The van der Waals surface area contributed by atoms with Crippen LogP contribution < -0.4 is 0 Å². The standard InChI is InChI=1S/C16H11FO/c1-12(18)14-9-6-13(7-10-14)8-11-15-4-2-3-5-16(15)17/h2-7,9-10H,1H3. The van der Waals surface area contributed by atoms with Crippen molar-refractivity contribution < 1.29 is 9.18 Å². The van der Waals surface area contributed by atoms with E-state index in [0.29, 0.717) is 11.1 Å². The first kappa shape index (κ1) is 12.1. The lowest BCUT2D eigenvalue weighted by molar-refractivity contribution is 0.101. The van der Waals surface area contributed by atoms with Crippen molar-refractivity contribution in [3.8, 4) is 11.8 Å². The number of halogens is 1. The van der Waals surface area contributed by atoms with Gasteiger partial charge in [0.15, 0.2) is 5.78 Å². The minimum Gasteiger partial charge on any atom is -0.295 e. The van der Waals surface area contributed by atoms with Gasteiger partial charge in [0.1, 0.15) is 5.82 Å². The van der Waals surface area contributed by atoms with Crippen LogP contribution in [0.3, 0.4) is 0 Å². The molecule has 0 saturated heterocycles. The molecule has 0 amide bonds. The van der Waals surface area contributed by atoms with Gasteiger partial charge in [-0.15, -0.1) is 0 Å². The Labute approximate surface area is 105 Å². The molecule has 1 nitrogen and oxygen atoms in total. The summed E-state index contributed by atoms with van der Waals surface area (Å²) in [6.45, 7) is 1.51. The van der Waals surface area contributed by atoms with Crippen LogP contribution in [0.15, 0.2) is 48.5 Å². The monoisotopic (exact) mass is 238 g/mol. The second-order valence-electron chi connectivity index (χ2n) is 3.86. The minimum absolute atomic E-state index is 0.0172. The van der Waals surface area contributed by atoms with Crippen molar-refractivity contribution in [3.63, 3.8) is 0 Å². The molecule has 2 aromatic carbocycles. The van der Waals surface area contributed by atoms with E-state index in [0.717, 1.165) is 5.56 Å². The zero-order valence-corrected chi connectivity index (χ0v) is 9.91. The number of Topliss-reactive ketones (excluding diaryl/α,β-unsaturated/α-hetero) is 1. The highest BCUT2D eigenvalue weighted by molar-refractivity contribution is 5.94. The van der Waals surface area contributed by atoms with Crippen LogP contribution in [-0.2, 0) is 0 Å². The maximum Gasteiger partial charge on any atom is 0.159 e. The van der Waals surface area contributed by atoms with Crippen molar-refractivity contribution in [2.24, 2.45) is 0 Å². The largest absolute Gasteiger partial charge is 0.295 e. The average molecular weight is 238 g/mol. The molecule has 0 unspecified atom stereocenters. The zero-order valence-electron chi connectivity index (χ0n) is 9.91. The number of hydrogen-bond acceptors (Lipinski definition) is 1. The summed E-state index contributed by atoms with van der Waals surface area (Å²) in [6, 6.07) is 13.3. The molecule has 0 spiro atoms. The molecule has 2 rings (SSSR count). The summed E-state index contributed by atoms with van der Waals surface area (Å²) in [5.74, 6) is 5.32. The number of rotatable bonds is 1. The Hall–Kier alpha value is -2.40. The summed E-state index contributed by atoms with van der Waals surface area (Å²) in [4.78, 5) is 11.1. The van der Waals surface area contributed by atoms with E-state index >= 15 is 0 Å². The molecule has 88 valence electrons. The van der Waals surface area contributed by atoms with E-state index in [1.165, 1.54) is 13.0 Å². The summed E-state index contributed by atoms with van der Waals surface area (Å²) in [5, 5.41) is 0. The molecule has 0 heterocycles. The molecule has 0 aliphatic heterocycles. The maximum atomic E-state index is 13.3. The summed E-state index contributed by atoms with van der Waals surface area (Å²) < 4.78 is 13.3. The highest BCUT2D eigenvalue weighted by Gasteiger charge is 1.98. The van der Waals surface area contributed by atoms with Crippen LogP contribution in [0.25, 0.3) is 0 Å². The van der Waals surface area contributed by atoms with Gasteiger partial charge in [-0.2, -0.15) is 0 Å². The highest BCUT2D eigenvalue weighted by atomic mass is 19.1. The van der Waals surface area contributed by atoms with Gasteiger partial charge in [0.25, 0.3) is 0 Å². The SMILES string of the molecule is CC(=O)c1ccc(C#Cc2ccccc2F)cc1. The van der Waals surface area contributed by atoms with Gasteiger partial charge < -0.3 is 0 Å². The predicted octanol–water partition coefficient (Wildman–Crippen LogP) is 3.43. The third-order valence-electron chi connectivity index (χ3n) is 2.51. The lowest BCUT2D eigenvalue weighted by Crippen LogP contribution is -1.90. The number of benzene rings is 2. The molecule has 0 atom stereocenters. The number of carbonyl (C=O) groups excluding carboxylic acids is 1. The smallest absolute Gasteiger partial charge is 0.159 e. The highest BCUT2D eigenvalue weighted by Crippen LogP contribution is 2.06. The summed E-state index contributed by atoms with van der Waals surface area (Å²) in [6.07, 6.45) is 0. The molecule has 0 aromatic heterocycles. The molecule has 2 heteroatoms. The van der Waals surface area contributed by atoms with E-state index in [4.69, 9.17) is 0 Å². The topological polar surface area (TPSA) is 17.1 Å². The van der Waals surface area contributed by atoms with Gasteiger partial charge in [-0.3, -0.25) is 4.79 Å². The molecule has 0 aliphatic rings. The Kier molecular flexibility index (Phi) is 3.54.